The summed E-state index contributed by atoms with van der Waals surface area (Å²) >= 11 is 0. The van der Waals surface area contributed by atoms with Crippen molar-refractivity contribution in [1.29, 1.82) is 0 Å². The average Bonchev–Trinajstić information content (AvgIpc) is 3.04. The van der Waals surface area contributed by atoms with Gasteiger partial charge in [0.15, 0.2) is 6.29 Å². The molecule has 1 fully saturated rings. The van der Waals surface area contributed by atoms with Gasteiger partial charge in [0.25, 0.3) is 0 Å². The van der Waals surface area contributed by atoms with E-state index in [1.165, 1.54) is 0 Å². The molecule has 0 radical (unpaired) electrons. The van der Waals surface area contributed by atoms with Gasteiger partial charge in [-0.05, 0) is 19.4 Å². The zero-order valence-corrected chi connectivity index (χ0v) is 16.2. The van der Waals surface area contributed by atoms with E-state index in [2.05, 4.69) is 0 Å². The van der Waals surface area contributed by atoms with Crippen LogP contribution in [-0.4, -0.2) is 44.2 Å². The van der Waals surface area contributed by atoms with Gasteiger partial charge in [-0.25, -0.2) is 4.79 Å². The fraction of sp³-hybridized carbons (Fsp3) is 0.524. The smallest absolute Gasteiger partial charge is 0.337 e. The van der Waals surface area contributed by atoms with E-state index in [1.54, 1.807) is 13.8 Å². The van der Waals surface area contributed by atoms with Crippen LogP contribution in [-0.2, 0) is 39.9 Å². The quantitative estimate of drug-likeness (QED) is 0.632. The summed E-state index contributed by atoms with van der Waals surface area (Å²) in [5.74, 6) is -0.864. The molecule has 1 aromatic rings. The van der Waals surface area contributed by atoms with Crippen molar-refractivity contribution in [2.75, 3.05) is 19.8 Å². The van der Waals surface area contributed by atoms with Crippen LogP contribution in [0.25, 0.3) is 0 Å². The lowest BCUT2D eigenvalue weighted by molar-refractivity contribution is -0.200. The number of carbonyl (C=O) groups excluding carboxylic acids is 2. The summed E-state index contributed by atoms with van der Waals surface area (Å²) in [7, 11) is 0. The maximum absolute atomic E-state index is 12.4. The van der Waals surface area contributed by atoms with Crippen molar-refractivity contribution >= 4 is 11.9 Å². The Bertz CT molecular complexity index is 713. The molecule has 0 N–H and O–H groups in total. The molecule has 7 heteroatoms. The number of fused-ring (bicyclic) bond motifs is 1. The molecule has 3 atom stereocenters. The first-order valence-electron chi connectivity index (χ1n) is 9.61. The van der Waals surface area contributed by atoms with Crippen molar-refractivity contribution in [1.82, 2.24) is 0 Å². The fourth-order valence-electron chi connectivity index (χ4n) is 3.43. The summed E-state index contributed by atoms with van der Waals surface area (Å²) < 4.78 is 27.8. The van der Waals surface area contributed by atoms with E-state index in [0.29, 0.717) is 24.4 Å². The van der Waals surface area contributed by atoms with Gasteiger partial charge in [0.1, 0.15) is 18.3 Å². The number of benzene rings is 1. The van der Waals surface area contributed by atoms with E-state index in [-0.39, 0.29) is 38.3 Å². The van der Waals surface area contributed by atoms with E-state index < -0.39 is 18.2 Å². The van der Waals surface area contributed by atoms with Crippen LogP contribution in [0.4, 0.5) is 0 Å². The van der Waals surface area contributed by atoms with Crippen molar-refractivity contribution in [3.8, 4) is 0 Å². The largest absolute Gasteiger partial charge is 0.493 e. The highest BCUT2D eigenvalue weighted by Gasteiger charge is 2.46. The van der Waals surface area contributed by atoms with Crippen molar-refractivity contribution in [3.63, 3.8) is 0 Å². The maximum Gasteiger partial charge on any atom is 0.337 e. The Morgan fingerprint density at radius 1 is 1.11 bits per heavy atom. The molecule has 28 heavy (non-hydrogen) atoms. The second kappa shape index (κ2) is 9.71. The topological polar surface area (TPSA) is 80.3 Å². The Labute approximate surface area is 164 Å². The van der Waals surface area contributed by atoms with E-state index in [4.69, 9.17) is 23.7 Å². The molecular weight excluding hydrogens is 364 g/mol. The highest BCUT2D eigenvalue weighted by atomic mass is 16.7. The minimum Gasteiger partial charge on any atom is -0.493 e. The Balaban J connectivity index is 1.64. The minimum atomic E-state index is -0.471. The lowest BCUT2D eigenvalue weighted by Gasteiger charge is -2.31. The van der Waals surface area contributed by atoms with Crippen LogP contribution in [0.5, 0.6) is 0 Å². The Morgan fingerprint density at radius 3 is 2.57 bits per heavy atom. The van der Waals surface area contributed by atoms with Gasteiger partial charge in [-0.15, -0.1) is 0 Å². The number of hydrogen-bond donors (Lipinski definition) is 0. The summed E-state index contributed by atoms with van der Waals surface area (Å²) in [5, 5.41) is 0. The van der Waals surface area contributed by atoms with Crippen LogP contribution in [0.2, 0.25) is 0 Å². The van der Waals surface area contributed by atoms with Gasteiger partial charge in [-0.2, -0.15) is 0 Å². The van der Waals surface area contributed by atoms with Gasteiger partial charge in [-0.3, -0.25) is 4.79 Å². The molecule has 1 saturated heterocycles. The van der Waals surface area contributed by atoms with Gasteiger partial charge in [0.2, 0.25) is 0 Å². The molecule has 3 rings (SSSR count). The number of ether oxygens (including phenoxy) is 5. The van der Waals surface area contributed by atoms with Crippen LogP contribution in [0.3, 0.4) is 0 Å². The molecule has 0 saturated carbocycles. The lowest BCUT2D eigenvalue weighted by atomic mass is 9.91. The van der Waals surface area contributed by atoms with Crippen LogP contribution >= 0.6 is 0 Å². The van der Waals surface area contributed by atoms with Gasteiger partial charge >= 0.3 is 11.9 Å². The van der Waals surface area contributed by atoms with Gasteiger partial charge in [-0.1, -0.05) is 30.3 Å². The van der Waals surface area contributed by atoms with E-state index in [0.717, 1.165) is 5.56 Å². The summed E-state index contributed by atoms with van der Waals surface area (Å²) in [6.07, 6.45) is -0.359. The Morgan fingerprint density at radius 2 is 1.86 bits per heavy atom. The van der Waals surface area contributed by atoms with Crippen LogP contribution < -0.4 is 0 Å². The van der Waals surface area contributed by atoms with Crippen molar-refractivity contribution < 1.29 is 33.3 Å². The zero-order valence-electron chi connectivity index (χ0n) is 16.2. The summed E-state index contributed by atoms with van der Waals surface area (Å²) in [4.78, 5) is 24.4. The third-order valence-electron chi connectivity index (χ3n) is 4.68. The molecule has 1 aromatic carbocycles. The van der Waals surface area contributed by atoms with Gasteiger partial charge in [0, 0.05) is 6.42 Å². The first kappa shape index (κ1) is 20.4. The molecular formula is C21H26O7. The van der Waals surface area contributed by atoms with Crippen molar-refractivity contribution in [2.45, 2.75) is 45.7 Å². The summed E-state index contributed by atoms with van der Waals surface area (Å²) in [6.45, 7) is 4.68. The van der Waals surface area contributed by atoms with Crippen LogP contribution in [0.15, 0.2) is 41.7 Å². The van der Waals surface area contributed by atoms with Crippen molar-refractivity contribution in [2.24, 2.45) is 5.92 Å². The molecule has 0 bridgehead atoms. The lowest BCUT2D eigenvalue weighted by Crippen LogP contribution is -2.38. The zero-order chi connectivity index (χ0) is 19.9. The van der Waals surface area contributed by atoms with Gasteiger partial charge in [0.05, 0.1) is 37.9 Å². The molecule has 2 aliphatic heterocycles. The number of esters is 2. The predicted octanol–water partition coefficient (Wildman–Crippen LogP) is 2.74. The number of rotatable bonds is 8. The van der Waals surface area contributed by atoms with Crippen molar-refractivity contribution in [3.05, 3.63) is 47.2 Å². The summed E-state index contributed by atoms with van der Waals surface area (Å²) in [5.41, 5.74) is 1.43. The molecule has 0 spiro atoms. The SMILES string of the molecule is CCOC(=O)CC1=C(C(=O)OCC)[C@@H]2CO[C@H](OCc3ccccc3)C[C@@H]2O1. The third kappa shape index (κ3) is 4.91. The fourth-order valence-corrected chi connectivity index (χ4v) is 3.43. The predicted molar refractivity (Wildman–Crippen MR) is 98.9 cm³/mol. The van der Waals surface area contributed by atoms with Gasteiger partial charge < -0.3 is 23.7 Å². The second-order valence-electron chi connectivity index (χ2n) is 6.60. The van der Waals surface area contributed by atoms with E-state index in [9.17, 15) is 9.59 Å². The van der Waals surface area contributed by atoms with Crippen LogP contribution in [0.1, 0.15) is 32.3 Å². The molecule has 0 aromatic heterocycles. The normalized spacial score (nSPS) is 23.7. The highest BCUT2D eigenvalue weighted by Crippen LogP contribution is 2.39. The summed E-state index contributed by atoms with van der Waals surface area (Å²) in [6, 6.07) is 9.82. The Kier molecular flexibility index (Phi) is 7.06. The minimum absolute atomic E-state index is 0.0927. The molecule has 2 aliphatic rings. The Hall–Kier alpha value is -2.38. The average molecular weight is 390 g/mol. The molecule has 152 valence electrons. The van der Waals surface area contributed by atoms with E-state index in [1.807, 2.05) is 30.3 Å². The van der Waals surface area contributed by atoms with E-state index >= 15 is 0 Å². The molecule has 2 heterocycles. The highest BCUT2D eigenvalue weighted by molar-refractivity contribution is 5.91. The first-order chi connectivity index (χ1) is 13.6. The molecule has 0 aliphatic carbocycles. The first-order valence-corrected chi connectivity index (χ1v) is 9.61. The maximum atomic E-state index is 12.4. The number of carbonyl (C=O) groups is 2. The van der Waals surface area contributed by atoms with Crippen LogP contribution in [0, 0.1) is 5.92 Å². The monoisotopic (exact) mass is 390 g/mol. The standard InChI is InChI=1S/C21H26O7/c1-3-24-18(22)10-17-20(21(23)25-4-2)15-13-27-19(11-16(15)28-17)26-12-14-8-6-5-7-9-14/h5-9,15-16,19H,3-4,10-13H2,1-2H3/t15-,16+,19+/m1/s1. The molecule has 7 nitrogen and oxygen atoms in total. The molecule has 0 amide bonds. The second-order valence-corrected chi connectivity index (χ2v) is 6.60. The third-order valence-corrected chi connectivity index (χ3v) is 4.68. The number of hydrogen-bond acceptors (Lipinski definition) is 7. The molecule has 0 unspecified atom stereocenters.